The number of halogens is 3. The number of hydrogen-bond donors (Lipinski definition) is 2. The van der Waals surface area contributed by atoms with Crippen LogP contribution in [0.1, 0.15) is 66.7 Å². The zero-order valence-electron chi connectivity index (χ0n) is 22.4. The lowest BCUT2D eigenvalue weighted by molar-refractivity contribution is -0.243. The Balaban J connectivity index is 1.54. The minimum absolute atomic E-state index is 0.0216. The zero-order chi connectivity index (χ0) is 29.1. The van der Waals surface area contributed by atoms with Gasteiger partial charge in [-0.3, -0.25) is 4.79 Å². The molecule has 2 aromatic carbocycles. The second-order valence-corrected chi connectivity index (χ2v) is 12.6. The fraction of sp³-hybridized carbons (Fsp3) is 0.448. The van der Waals surface area contributed by atoms with Crippen molar-refractivity contribution in [3.8, 4) is 5.88 Å². The number of fused-ring (bicyclic) bond motifs is 1. The molecule has 11 heteroatoms. The summed E-state index contributed by atoms with van der Waals surface area (Å²) in [7, 11) is -3.38. The van der Waals surface area contributed by atoms with E-state index in [4.69, 9.17) is 4.74 Å². The molecule has 1 aliphatic rings. The van der Waals surface area contributed by atoms with Gasteiger partial charge in [-0.05, 0) is 67.1 Å². The predicted molar refractivity (Wildman–Crippen MR) is 145 cm³/mol. The largest absolute Gasteiger partial charge is 0.476 e. The van der Waals surface area contributed by atoms with Crippen LogP contribution in [0, 0.1) is 12.3 Å². The Morgan fingerprint density at radius 2 is 1.77 bits per heavy atom. The molecule has 0 saturated heterocycles. The third-order valence-corrected chi connectivity index (χ3v) is 9.34. The molecule has 3 aromatic rings. The number of carbonyl (C=O) groups is 1. The third-order valence-electron chi connectivity index (χ3n) is 7.59. The van der Waals surface area contributed by atoms with E-state index in [0.717, 1.165) is 6.42 Å². The van der Waals surface area contributed by atoms with Crippen molar-refractivity contribution in [2.45, 2.75) is 63.1 Å². The summed E-state index contributed by atoms with van der Waals surface area (Å²) >= 11 is 0. The molecule has 2 N–H and O–H groups in total. The second kappa shape index (κ2) is 11.7. The second-order valence-electron chi connectivity index (χ2n) is 10.3. The first kappa shape index (κ1) is 29.8. The number of aromatic nitrogens is 1. The van der Waals surface area contributed by atoms with Gasteiger partial charge in [-0.2, -0.15) is 13.2 Å². The zero-order valence-corrected chi connectivity index (χ0v) is 23.2. The molecular weight excluding hydrogens is 545 g/mol. The summed E-state index contributed by atoms with van der Waals surface area (Å²) in [4.78, 5) is 17.6. The first-order valence-corrected chi connectivity index (χ1v) is 14.9. The average Bonchev–Trinajstić information content (AvgIpc) is 2.94. The number of rotatable bonds is 9. The SMILES string of the molecule is CCS(=O)(=O)c1ccc([C@H](CO)NC(=O)c2ccc3c(OCC4(C(F)(F)F)CCCCC4)nc(C)cc3c2)cc1. The molecular formula is C29H33F3N2O5S. The number of carbonyl (C=O) groups excluding carboxylic acids is 1. The predicted octanol–water partition coefficient (Wildman–Crippen LogP) is 5.69. The molecule has 0 aliphatic heterocycles. The lowest BCUT2D eigenvalue weighted by atomic mass is 9.74. The summed E-state index contributed by atoms with van der Waals surface area (Å²) in [5.41, 5.74) is -0.572. The van der Waals surface area contributed by atoms with Crippen LogP contribution in [-0.2, 0) is 9.84 Å². The Morgan fingerprint density at radius 1 is 1.10 bits per heavy atom. The normalized spacial score (nSPS) is 16.4. The summed E-state index contributed by atoms with van der Waals surface area (Å²) in [6.07, 6.45) is -2.56. The molecule has 7 nitrogen and oxygen atoms in total. The van der Waals surface area contributed by atoms with Gasteiger partial charge in [0.15, 0.2) is 9.84 Å². The number of sulfone groups is 1. The topological polar surface area (TPSA) is 106 Å². The fourth-order valence-electron chi connectivity index (χ4n) is 5.10. The van der Waals surface area contributed by atoms with E-state index in [1.165, 1.54) is 18.2 Å². The van der Waals surface area contributed by atoms with Crippen molar-refractivity contribution in [1.29, 1.82) is 0 Å². The highest BCUT2D eigenvalue weighted by Gasteiger charge is 2.55. The van der Waals surface area contributed by atoms with Crippen LogP contribution in [-0.4, -0.2) is 49.6 Å². The number of amides is 1. The highest BCUT2D eigenvalue weighted by molar-refractivity contribution is 7.91. The van der Waals surface area contributed by atoms with Gasteiger partial charge >= 0.3 is 6.18 Å². The van der Waals surface area contributed by atoms with Gasteiger partial charge in [0, 0.05) is 16.6 Å². The van der Waals surface area contributed by atoms with E-state index in [2.05, 4.69) is 10.3 Å². The maximum absolute atomic E-state index is 14.0. The van der Waals surface area contributed by atoms with E-state index in [9.17, 15) is 31.5 Å². The maximum atomic E-state index is 14.0. The molecule has 1 fully saturated rings. The number of pyridine rings is 1. The van der Waals surface area contributed by atoms with Crippen LogP contribution in [0.5, 0.6) is 5.88 Å². The summed E-state index contributed by atoms with van der Waals surface area (Å²) in [5.74, 6) is -0.438. The van der Waals surface area contributed by atoms with Gasteiger partial charge in [0.1, 0.15) is 12.0 Å². The Morgan fingerprint density at radius 3 is 2.38 bits per heavy atom. The molecule has 1 amide bonds. The van der Waals surface area contributed by atoms with Gasteiger partial charge in [-0.25, -0.2) is 13.4 Å². The molecule has 0 spiro atoms. The summed E-state index contributed by atoms with van der Waals surface area (Å²) < 4.78 is 71.8. The van der Waals surface area contributed by atoms with Crippen molar-refractivity contribution >= 4 is 26.5 Å². The molecule has 40 heavy (non-hydrogen) atoms. The monoisotopic (exact) mass is 578 g/mol. The Bertz CT molecular complexity index is 1470. The molecule has 4 rings (SSSR count). The van der Waals surface area contributed by atoms with E-state index in [-0.39, 0.29) is 34.9 Å². The Labute approximate surface area is 231 Å². The summed E-state index contributed by atoms with van der Waals surface area (Å²) in [6.45, 7) is 2.32. The lowest BCUT2D eigenvalue weighted by Crippen LogP contribution is -2.44. The molecule has 1 aliphatic carbocycles. The van der Waals surface area contributed by atoms with Gasteiger partial charge < -0.3 is 15.2 Å². The quantitative estimate of drug-likeness (QED) is 0.338. The van der Waals surface area contributed by atoms with Crippen molar-refractivity contribution in [2.75, 3.05) is 19.0 Å². The molecule has 1 saturated carbocycles. The van der Waals surface area contributed by atoms with Crippen LogP contribution in [0.3, 0.4) is 0 Å². The van der Waals surface area contributed by atoms with Crippen LogP contribution in [0.2, 0.25) is 0 Å². The van der Waals surface area contributed by atoms with Crippen molar-refractivity contribution in [2.24, 2.45) is 5.41 Å². The van der Waals surface area contributed by atoms with Gasteiger partial charge in [0.25, 0.3) is 5.91 Å². The van der Waals surface area contributed by atoms with E-state index >= 15 is 0 Å². The van der Waals surface area contributed by atoms with Crippen LogP contribution in [0.4, 0.5) is 13.2 Å². The number of aryl methyl sites for hydroxylation is 1. The van der Waals surface area contributed by atoms with E-state index in [0.29, 0.717) is 34.9 Å². The number of hydrogen-bond acceptors (Lipinski definition) is 6. The van der Waals surface area contributed by atoms with E-state index < -0.39 is 46.6 Å². The smallest absolute Gasteiger partial charge is 0.397 e. The fourth-order valence-corrected chi connectivity index (χ4v) is 5.98. The van der Waals surface area contributed by atoms with Crippen molar-refractivity contribution in [3.05, 3.63) is 65.4 Å². The highest BCUT2D eigenvalue weighted by Crippen LogP contribution is 2.49. The summed E-state index contributed by atoms with van der Waals surface area (Å²) in [5, 5.41) is 13.7. The number of aliphatic hydroxyl groups excluding tert-OH is 1. The van der Waals surface area contributed by atoms with Gasteiger partial charge in [-0.1, -0.05) is 38.3 Å². The molecule has 1 heterocycles. The van der Waals surface area contributed by atoms with E-state index in [1.54, 1.807) is 44.2 Å². The van der Waals surface area contributed by atoms with Gasteiger partial charge in [-0.15, -0.1) is 0 Å². The van der Waals surface area contributed by atoms with Crippen LogP contribution in [0.15, 0.2) is 53.4 Å². The van der Waals surface area contributed by atoms with Crippen molar-refractivity contribution < 1.29 is 36.2 Å². The summed E-state index contributed by atoms with van der Waals surface area (Å²) in [6, 6.07) is 11.6. The number of aliphatic hydroxyl groups is 1. The highest BCUT2D eigenvalue weighted by atomic mass is 32.2. The van der Waals surface area contributed by atoms with Crippen LogP contribution in [0.25, 0.3) is 10.8 Å². The molecule has 0 radical (unpaired) electrons. The van der Waals surface area contributed by atoms with Crippen LogP contribution < -0.4 is 10.1 Å². The van der Waals surface area contributed by atoms with Gasteiger partial charge in [0.2, 0.25) is 5.88 Å². The minimum atomic E-state index is -4.38. The number of nitrogens with one attached hydrogen (secondary N) is 1. The average molecular weight is 579 g/mol. The van der Waals surface area contributed by atoms with Crippen molar-refractivity contribution in [3.63, 3.8) is 0 Å². The Hall–Kier alpha value is -3.18. The first-order chi connectivity index (χ1) is 18.9. The lowest BCUT2D eigenvalue weighted by Gasteiger charge is -2.38. The minimum Gasteiger partial charge on any atom is -0.476 e. The molecule has 0 unspecified atom stereocenters. The number of nitrogens with zero attached hydrogens (tertiary/aromatic N) is 1. The molecule has 216 valence electrons. The Kier molecular flexibility index (Phi) is 8.75. The maximum Gasteiger partial charge on any atom is 0.397 e. The van der Waals surface area contributed by atoms with Crippen LogP contribution >= 0.6 is 0 Å². The standard InChI is InChI=1S/C29H33F3N2O5S/c1-3-40(37,38)23-10-7-20(8-11-23)25(17-35)34-26(36)21-9-12-24-22(16-21)15-19(2)33-27(24)39-18-28(29(30,31)32)13-5-4-6-14-28/h7-12,15-16,25,35H,3-6,13-14,17-18H2,1-2H3,(H,34,36)/t25-/m0/s1. The third kappa shape index (κ3) is 6.25. The number of ether oxygens (including phenoxy) is 1. The van der Waals surface area contributed by atoms with Gasteiger partial charge in [0.05, 0.1) is 23.3 Å². The number of benzene rings is 2. The molecule has 0 bridgehead atoms. The molecule has 1 atom stereocenters. The first-order valence-electron chi connectivity index (χ1n) is 13.2. The van der Waals surface area contributed by atoms with Crippen molar-refractivity contribution in [1.82, 2.24) is 10.3 Å². The molecule has 1 aromatic heterocycles. The number of alkyl halides is 3. The van der Waals surface area contributed by atoms with E-state index in [1.807, 2.05) is 0 Å².